The zero-order valence-corrected chi connectivity index (χ0v) is 24.1. The quantitative estimate of drug-likeness (QED) is 0.201. The molecule has 4 rings (SSSR count). The molecule has 0 bridgehead atoms. The fourth-order valence-electron chi connectivity index (χ4n) is 3.81. The number of nitrogens with one attached hydrogen (secondary N) is 2. The van der Waals surface area contributed by atoms with Crippen LogP contribution in [-0.2, 0) is 9.59 Å². The molecule has 0 fully saturated rings. The third kappa shape index (κ3) is 7.63. The van der Waals surface area contributed by atoms with E-state index in [1.807, 2.05) is 98.8 Å². The second-order valence-electron chi connectivity index (χ2n) is 8.81. The Bertz CT molecular complexity index is 1410. The molecule has 0 aromatic heterocycles. The predicted octanol–water partition coefficient (Wildman–Crippen LogP) is 8.80. The molecule has 4 aromatic rings. The van der Waals surface area contributed by atoms with E-state index in [2.05, 4.69) is 42.5 Å². The Hall–Kier alpha value is -3.74. The molecule has 4 nitrogen and oxygen atoms in total. The van der Waals surface area contributed by atoms with E-state index in [0.717, 1.165) is 53.7 Å². The van der Waals surface area contributed by atoms with Crippen LogP contribution < -0.4 is 10.6 Å². The first-order valence-electron chi connectivity index (χ1n) is 12.0. The summed E-state index contributed by atoms with van der Waals surface area (Å²) in [7, 11) is 0. The van der Waals surface area contributed by atoms with Crippen molar-refractivity contribution in [1.29, 1.82) is 0 Å². The van der Waals surface area contributed by atoms with Gasteiger partial charge in [-0.1, -0.05) is 68.3 Å². The Kier molecular flexibility index (Phi) is 9.10. The molecule has 0 saturated carbocycles. The van der Waals surface area contributed by atoms with Crippen LogP contribution in [0.5, 0.6) is 0 Å². The van der Waals surface area contributed by atoms with Crippen LogP contribution in [0.25, 0.3) is 23.3 Å². The average Bonchev–Trinajstić information content (AvgIpc) is 2.90. The molecule has 2 amide bonds. The van der Waals surface area contributed by atoms with Gasteiger partial charge in [-0.2, -0.15) is 0 Å². The van der Waals surface area contributed by atoms with E-state index in [1.54, 1.807) is 12.2 Å². The summed E-state index contributed by atoms with van der Waals surface area (Å²) in [4.78, 5) is 24.8. The number of aryl methyl sites for hydroxylation is 2. The van der Waals surface area contributed by atoms with Crippen molar-refractivity contribution in [3.05, 3.63) is 128 Å². The highest BCUT2D eigenvalue weighted by atomic mass is 79.9. The number of anilines is 2. The second-order valence-corrected chi connectivity index (χ2v) is 10.6. The summed E-state index contributed by atoms with van der Waals surface area (Å²) < 4.78 is 1.99. The number of halogens is 2. The fourth-order valence-corrected chi connectivity index (χ4v) is 4.34. The molecule has 4 aromatic carbocycles. The van der Waals surface area contributed by atoms with Gasteiger partial charge in [-0.25, -0.2) is 0 Å². The van der Waals surface area contributed by atoms with Crippen LogP contribution in [0.1, 0.15) is 22.3 Å². The fraction of sp³-hybridized carbons (Fsp3) is 0.0625. The van der Waals surface area contributed by atoms with Gasteiger partial charge >= 0.3 is 0 Å². The monoisotopic (exact) mass is 628 g/mol. The maximum Gasteiger partial charge on any atom is 0.248 e. The first-order valence-corrected chi connectivity index (χ1v) is 13.6. The van der Waals surface area contributed by atoms with Gasteiger partial charge in [0.2, 0.25) is 11.8 Å². The van der Waals surface area contributed by atoms with Crippen LogP contribution in [-0.4, -0.2) is 11.8 Å². The average molecular weight is 630 g/mol. The molecule has 0 aliphatic carbocycles. The molecule has 0 saturated heterocycles. The maximum absolute atomic E-state index is 12.4. The minimum atomic E-state index is -0.186. The highest BCUT2D eigenvalue weighted by molar-refractivity contribution is 9.10. The summed E-state index contributed by atoms with van der Waals surface area (Å²) in [6.07, 6.45) is 6.62. The minimum Gasteiger partial charge on any atom is -0.322 e. The van der Waals surface area contributed by atoms with Crippen molar-refractivity contribution in [1.82, 2.24) is 0 Å². The molecule has 0 atom stereocenters. The molecule has 0 aliphatic rings. The lowest BCUT2D eigenvalue weighted by Gasteiger charge is -2.12. The summed E-state index contributed by atoms with van der Waals surface area (Å²) in [5.41, 5.74) is 7.40. The van der Waals surface area contributed by atoms with Gasteiger partial charge in [0.05, 0.1) is 0 Å². The third-order valence-corrected chi connectivity index (χ3v) is 6.95. The molecule has 6 heteroatoms. The van der Waals surface area contributed by atoms with E-state index in [1.165, 1.54) is 12.2 Å². The van der Waals surface area contributed by atoms with E-state index in [4.69, 9.17) is 0 Å². The highest BCUT2D eigenvalue weighted by Crippen LogP contribution is 2.28. The number of carbonyl (C=O) groups excluding carboxylic acids is 2. The predicted molar refractivity (Wildman–Crippen MR) is 165 cm³/mol. The Morgan fingerprint density at radius 2 is 0.947 bits per heavy atom. The molecular formula is C32H26Br2N2O2. The Balaban J connectivity index is 1.39. The van der Waals surface area contributed by atoms with Gasteiger partial charge in [-0.15, -0.1) is 0 Å². The van der Waals surface area contributed by atoms with E-state index >= 15 is 0 Å². The van der Waals surface area contributed by atoms with E-state index < -0.39 is 0 Å². The first kappa shape index (κ1) is 27.3. The molecule has 0 aliphatic heterocycles. The van der Waals surface area contributed by atoms with Crippen LogP contribution in [0, 0.1) is 13.8 Å². The largest absolute Gasteiger partial charge is 0.322 e. The molecule has 2 N–H and O–H groups in total. The molecule has 190 valence electrons. The number of rotatable bonds is 7. The van der Waals surface area contributed by atoms with Crippen molar-refractivity contribution >= 4 is 67.2 Å². The number of hydrogen-bond donors (Lipinski definition) is 2. The molecule has 0 unspecified atom stereocenters. The molecule has 38 heavy (non-hydrogen) atoms. The Morgan fingerprint density at radius 1 is 0.579 bits per heavy atom. The normalized spacial score (nSPS) is 11.2. The van der Waals surface area contributed by atoms with Gasteiger partial charge in [-0.3, -0.25) is 9.59 Å². The van der Waals surface area contributed by atoms with Gasteiger partial charge < -0.3 is 10.6 Å². The van der Waals surface area contributed by atoms with Gasteiger partial charge in [0.1, 0.15) is 0 Å². The molecule has 0 spiro atoms. The van der Waals surface area contributed by atoms with E-state index in [9.17, 15) is 9.59 Å². The van der Waals surface area contributed by atoms with Crippen molar-refractivity contribution in [2.24, 2.45) is 0 Å². The SMILES string of the molecule is Cc1cc(-c2ccc(NC(=O)/C=C/c3ccc(Br)cc3)c(C)c2)ccc1NC(=O)/C=C/c1ccc(Br)cc1. The zero-order valence-electron chi connectivity index (χ0n) is 21.0. The molecule has 0 heterocycles. The van der Waals surface area contributed by atoms with Crippen molar-refractivity contribution in [2.75, 3.05) is 10.6 Å². The van der Waals surface area contributed by atoms with Crippen LogP contribution in [0.2, 0.25) is 0 Å². The lowest BCUT2D eigenvalue weighted by Crippen LogP contribution is -2.09. The van der Waals surface area contributed by atoms with Crippen LogP contribution in [0.15, 0.2) is 106 Å². The van der Waals surface area contributed by atoms with Gasteiger partial charge in [0, 0.05) is 32.5 Å². The second kappa shape index (κ2) is 12.7. The molecule has 0 radical (unpaired) electrons. The first-order chi connectivity index (χ1) is 18.3. The zero-order chi connectivity index (χ0) is 27.1. The Labute approximate surface area is 239 Å². The topological polar surface area (TPSA) is 58.2 Å². The summed E-state index contributed by atoms with van der Waals surface area (Å²) in [6, 6.07) is 27.4. The van der Waals surface area contributed by atoms with Gasteiger partial charge in [0.25, 0.3) is 0 Å². The van der Waals surface area contributed by atoms with Gasteiger partial charge in [0.15, 0.2) is 0 Å². The summed E-state index contributed by atoms with van der Waals surface area (Å²) >= 11 is 6.82. The van der Waals surface area contributed by atoms with Crippen LogP contribution in [0.4, 0.5) is 11.4 Å². The lowest BCUT2D eigenvalue weighted by atomic mass is 10.00. The standard InChI is InChI=1S/C32H26Br2N2O2/c1-21-19-25(9-15-29(21)35-31(37)17-7-23-3-11-27(33)12-4-23)26-10-16-30(22(2)20-26)36-32(38)18-8-24-5-13-28(34)14-6-24/h3-20H,1-2H3,(H,35,37)(H,36,38)/b17-7+,18-8+. The van der Waals surface area contributed by atoms with Crippen molar-refractivity contribution < 1.29 is 9.59 Å². The van der Waals surface area contributed by atoms with E-state index in [-0.39, 0.29) is 11.8 Å². The number of hydrogen-bond acceptors (Lipinski definition) is 2. The summed E-state index contributed by atoms with van der Waals surface area (Å²) in [6.45, 7) is 3.94. The van der Waals surface area contributed by atoms with Crippen LogP contribution >= 0.6 is 31.9 Å². The molecular weight excluding hydrogens is 604 g/mol. The van der Waals surface area contributed by atoms with Crippen molar-refractivity contribution in [3.8, 4) is 11.1 Å². The Morgan fingerprint density at radius 3 is 1.29 bits per heavy atom. The maximum atomic E-state index is 12.4. The highest BCUT2D eigenvalue weighted by Gasteiger charge is 2.08. The van der Waals surface area contributed by atoms with Crippen molar-refractivity contribution in [2.45, 2.75) is 13.8 Å². The number of benzene rings is 4. The summed E-state index contributed by atoms with van der Waals surface area (Å²) in [5.74, 6) is -0.372. The third-order valence-electron chi connectivity index (χ3n) is 5.90. The van der Waals surface area contributed by atoms with Crippen molar-refractivity contribution in [3.63, 3.8) is 0 Å². The number of amides is 2. The number of carbonyl (C=O) groups is 2. The lowest BCUT2D eigenvalue weighted by molar-refractivity contribution is -0.112. The van der Waals surface area contributed by atoms with Crippen LogP contribution in [0.3, 0.4) is 0 Å². The smallest absolute Gasteiger partial charge is 0.248 e. The van der Waals surface area contributed by atoms with Gasteiger partial charge in [-0.05, 0) is 108 Å². The van der Waals surface area contributed by atoms with E-state index in [0.29, 0.717) is 0 Å². The minimum absolute atomic E-state index is 0.186. The summed E-state index contributed by atoms with van der Waals surface area (Å²) in [5, 5.41) is 5.90.